The molecule has 1 saturated heterocycles. The summed E-state index contributed by atoms with van der Waals surface area (Å²) >= 11 is 0. The van der Waals surface area contributed by atoms with Gasteiger partial charge in [-0.15, -0.1) is 0 Å². The lowest BCUT2D eigenvalue weighted by molar-refractivity contribution is -0.149. The Morgan fingerprint density at radius 1 is 0.808 bits per heavy atom. The highest BCUT2D eigenvalue weighted by Crippen LogP contribution is 2.17. The molecule has 4 heteroatoms. The standard InChI is InChI=1S/C22H38O4/c1-2-3-4-5-6-7-8-9-10-11-12-13-14-15-16-17-18-19-20(23)21(24)22(25)26-19/h15-16,19-20,23H,2-14,17-18H2,1H3. The Kier molecular flexibility index (Phi) is 13.2. The maximum Gasteiger partial charge on any atom is 0.377 e. The first-order valence-electron chi connectivity index (χ1n) is 10.7. The van der Waals surface area contributed by atoms with Crippen molar-refractivity contribution in [1.82, 2.24) is 0 Å². The molecule has 0 aromatic rings. The summed E-state index contributed by atoms with van der Waals surface area (Å²) in [5.41, 5.74) is 0. The molecular formula is C22H38O4. The largest absolute Gasteiger partial charge is 0.453 e. The predicted molar refractivity (Wildman–Crippen MR) is 105 cm³/mol. The monoisotopic (exact) mass is 366 g/mol. The Morgan fingerprint density at radius 3 is 1.81 bits per heavy atom. The maximum absolute atomic E-state index is 11.1. The summed E-state index contributed by atoms with van der Waals surface area (Å²) in [5.74, 6) is -1.71. The molecule has 1 rings (SSSR count). The van der Waals surface area contributed by atoms with Crippen molar-refractivity contribution in [1.29, 1.82) is 0 Å². The minimum atomic E-state index is -1.27. The molecule has 1 fully saturated rings. The van der Waals surface area contributed by atoms with Crippen molar-refractivity contribution in [2.24, 2.45) is 0 Å². The second-order valence-electron chi connectivity index (χ2n) is 7.48. The molecule has 0 aromatic carbocycles. The van der Waals surface area contributed by atoms with Crippen molar-refractivity contribution in [2.75, 3.05) is 0 Å². The zero-order chi connectivity index (χ0) is 19.0. The van der Waals surface area contributed by atoms with Crippen molar-refractivity contribution in [3.05, 3.63) is 12.2 Å². The van der Waals surface area contributed by atoms with Gasteiger partial charge in [0.05, 0.1) is 0 Å². The summed E-state index contributed by atoms with van der Waals surface area (Å²) in [7, 11) is 0. The lowest BCUT2D eigenvalue weighted by Gasteiger charge is -2.09. The number of carbonyl (C=O) groups is 2. The number of cyclic esters (lactones) is 1. The number of ketones is 1. The normalized spacial score (nSPS) is 20.2. The SMILES string of the molecule is CCCCCCCCCCCCCCC=CCCC1OC(=O)C(=O)C1O. The molecule has 4 nitrogen and oxygen atoms in total. The first kappa shape index (κ1) is 22.9. The van der Waals surface area contributed by atoms with E-state index in [-0.39, 0.29) is 0 Å². The van der Waals surface area contributed by atoms with Crippen LogP contribution in [0.5, 0.6) is 0 Å². The van der Waals surface area contributed by atoms with Gasteiger partial charge in [-0.05, 0) is 25.7 Å². The predicted octanol–water partition coefficient (Wildman–Crippen LogP) is 5.27. The molecule has 2 unspecified atom stereocenters. The van der Waals surface area contributed by atoms with Crippen molar-refractivity contribution < 1.29 is 19.4 Å². The van der Waals surface area contributed by atoms with Crippen molar-refractivity contribution in [2.45, 2.75) is 115 Å². The summed E-state index contributed by atoms with van der Waals surface area (Å²) in [5, 5.41) is 9.53. The number of Topliss-reactive ketones (excluding diaryl/α,β-unsaturated/α-hetero) is 1. The molecular weight excluding hydrogens is 328 g/mol. The van der Waals surface area contributed by atoms with Crippen molar-refractivity contribution in [3.63, 3.8) is 0 Å². The number of allylic oxidation sites excluding steroid dienone is 2. The van der Waals surface area contributed by atoms with E-state index < -0.39 is 24.0 Å². The fourth-order valence-electron chi connectivity index (χ4n) is 3.37. The van der Waals surface area contributed by atoms with E-state index in [4.69, 9.17) is 4.74 Å². The quantitative estimate of drug-likeness (QED) is 0.175. The second kappa shape index (κ2) is 15.0. The van der Waals surface area contributed by atoms with Gasteiger partial charge < -0.3 is 9.84 Å². The molecule has 0 amide bonds. The van der Waals surface area contributed by atoms with Gasteiger partial charge in [-0.1, -0.05) is 89.7 Å². The molecule has 0 spiro atoms. The van der Waals surface area contributed by atoms with Crippen LogP contribution in [-0.4, -0.2) is 29.1 Å². The molecule has 1 aliphatic heterocycles. The van der Waals surface area contributed by atoms with Crippen LogP contribution in [0.2, 0.25) is 0 Å². The van der Waals surface area contributed by atoms with Gasteiger partial charge in [-0.3, -0.25) is 4.79 Å². The van der Waals surface area contributed by atoms with Crippen LogP contribution < -0.4 is 0 Å². The fourth-order valence-corrected chi connectivity index (χ4v) is 3.37. The van der Waals surface area contributed by atoms with Crippen molar-refractivity contribution in [3.8, 4) is 0 Å². The molecule has 2 atom stereocenters. The number of rotatable bonds is 16. The van der Waals surface area contributed by atoms with Crippen LogP contribution >= 0.6 is 0 Å². The van der Waals surface area contributed by atoms with Crippen LogP contribution in [0.4, 0.5) is 0 Å². The fraction of sp³-hybridized carbons (Fsp3) is 0.818. The number of esters is 1. The van der Waals surface area contributed by atoms with Gasteiger partial charge >= 0.3 is 5.97 Å². The number of hydrogen-bond donors (Lipinski definition) is 1. The third-order valence-electron chi connectivity index (χ3n) is 5.09. The lowest BCUT2D eigenvalue weighted by Crippen LogP contribution is -2.26. The Bertz CT molecular complexity index is 416. The van der Waals surface area contributed by atoms with Crippen molar-refractivity contribution >= 4 is 11.8 Å². The summed E-state index contributed by atoms with van der Waals surface area (Å²) < 4.78 is 4.84. The number of hydrogen-bond acceptors (Lipinski definition) is 4. The summed E-state index contributed by atoms with van der Waals surface area (Å²) in [6.45, 7) is 2.26. The van der Waals surface area contributed by atoms with E-state index in [9.17, 15) is 14.7 Å². The van der Waals surface area contributed by atoms with Gasteiger partial charge in [0, 0.05) is 0 Å². The highest BCUT2D eigenvalue weighted by molar-refractivity contribution is 6.37. The number of ether oxygens (including phenoxy) is 1. The zero-order valence-electron chi connectivity index (χ0n) is 16.6. The lowest BCUT2D eigenvalue weighted by atomic mass is 10.0. The molecule has 1 N–H and O–H groups in total. The molecule has 26 heavy (non-hydrogen) atoms. The highest BCUT2D eigenvalue weighted by Gasteiger charge is 2.41. The van der Waals surface area contributed by atoms with E-state index in [2.05, 4.69) is 19.1 Å². The highest BCUT2D eigenvalue weighted by atomic mass is 16.6. The number of unbranched alkanes of at least 4 members (excludes halogenated alkanes) is 12. The summed E-state index contributed by atoms with van der Waals surface area (Å²) in [6.07, 6.45) is 20.9. The van der Waals surface area contributed by atoms with Crippen LogP contribution in [-0.2, 0) is 14.3 Å². The number of aliphatic hydroxyl groups is 1. The van der Waals surface area contributed by atoms with Crippen LogP contribution in [0.25, 0.3) is 0 Å². The van der Waals surface area contributed by atoms with Gasteiger partial charge in [0.1, 0.15) is 6.10 Å². The van der Waals surface area contributed by atoms with Gasteiger partial charge in [-0.2, -0.15) is 0 Å². The molecule has 1 aliphatic rings. The van der Waals surface area contributed by atoms with E-state index in [0.717, 1.165) is 12.8 Å². The third kappa shape index (κ3) is 10.1. The van der Waals surface area contributed by atoms with Gasteiger partial charge in [0.15, 0.2) is 6.10 Å². The molecule has 0 bridgehead atoms. The molecule has 150 valence electrons. The smallest absolute Gasteiger partial charge is 0.377 e. The van der Waals surface area contributed by atoms with E-state index in [1.54, 1.807) is 0 Å². The first-order chi connectivity index (χ1) is 12.7. The minimum absolute atomic E-state index is 0.508. The Hall–Kier alpha value is -1.16. The summed E-state index contributed by atoms with van der Waals surface area (Å²) in [4.78, 5) is 22.2. The van der Waals surface area contributed by atoms with Crippen LogP contribution in [0.1, 0.15) is 103 Å². The first-order valence-corrected chi connectivity index (χ1v) is 10.7. The van der Waals surface area contributed by atoms with Gasteiger partial charge in [-0.25, -0.2) is 4.79 Å². The van der Waals surface area contributed by atoms with Crippen LogP contribution in [0.15, 0.2) is 12.2 Å². The molecule has 0 aliphatic carbocycles. The van der Waals surface area contributed by atoms with Gasteiger partial charge in [0.2, 0.25) is 0 Å². The molecule has 0 aromatic heterocycles. The van der Waals surface area contributed by atoms with E-state index >= 15 is 0 Å². The van der Waals surface area contributed by atoms with Gasteiger partial charge in [0.25, 0.3) is 5.78 Å². The van der Waals surface area contributed by atoms with E-state index in [0.29, 0.717) is 6.42 Å². The van der Waals surface area contributed by atoms with Crippen LogP contribution in [0, 0.1) is 0 Å². The Labute approximate surface area is 159 Å². The maximum atomic E-state index is 11.1. The average Bonchev–Trinajstić information content (AvgIpc) is 2.88. The topological polar surface area (TPSA) is 63.6 Å². The molecule has 0 radical (unpaired) electrons. The molecule has 0 saturated carbocycles. The Morgan fingerprint density at radius 2 is 1.31 bits per heavy atom. The third-order valence-corrected chi connectivity index (χ3v) is 5.09. The Balaban J connectivity index is 1.82. The van der Waals surface area contributed by atoms with E-state index in [1.165, 1.54) is 77.0 Å². The zero-order valence-corrected chi connectivity index (χ0v) is 16.6. The summed E-state index contributed by atoms with van der Waals surface area (Å²) in [6, 6.07) is 0. The van der Waals surface area contributed by atoms with E-state index in [1.807, 2.05) is 0 Å². The number of aliphatic hydroxyl groups excluding tert-OH is 1. The molecule has 1 heterocycles. The van der Waals surface area contributed by atoms with Crippen LogP contribution in [0.3, 0.4) is 0 Å². The minimum Gasteiger partial charge on any atom is -0.453 e. The number of carbonyl (C=O) groups excluding carboxylic acids is 2. The average molecular weight is 367 g/mol. The second-order valence-corrected chi connectivity index (χ2v) is 7.48.